The molecule has 1 fully saturated rings. The molecular weight excluding hydrogens is 513 g/mol. The van der Waals surface area contributed by atoms with E-state index in [1.54, 1.807) is 49.2 Å². The number of nitrogens with one attached hydrogen (secondary N) is 1. The quantitative estimate of drug-likeness (QED) is 0.382. The maximum Gasteiger partial charge on any atom is 0.259 e. The number of amides is 3. The van der Waals surface area contributed by atoms with Crippen LogP contribution in [0.4, 0.5) is 27.3 Å². The third kappa shape index (κ3) is 6.22. The number of nitrogens with zero attached hydrogens (tertiary/aromatic N) is 3. The van der Waals surface area contributed by atoms with Crippen LogP contribution in [-0.4, -0.2) is 40.8 Å². The van der Waals surface area contributed by atoms with E-state index in [0.29, 0.717) is 23.2 Å². The van der Waals surface area contributed by atoms with Crippen molar-refractivity contribution in [2.45, 2.75) is 53.0 Å². The van der Waals surface area contributed by atoms with Gasteiger partial charge in [-0.2, -0.15) is 0 Å². The lowest BCUT2D eigenvalue weighted by molar-refractivity contribution is -0.117. The first-order valence-electron chi connectivity index (χ1n) is 13.2. The molecule has 40 heavy (non-hydrogen) atoms. The van der Waals surface area contributed by atoms with E-state index in [4.69, 9.17) is 5.73 Å². The number of anilines is 4. The van der Waals surface area contributed by atoms with E-state index in [9.17, 15) is 23.6 Å². The largest absolute Gasteiger partial charge is 0.369 e. The number of pyridine rings is 1. The minimum absolute atomic E-state index is 0.0282. The molecule has 0 bridgehead atoms. The van der Waals surface area contributed by atoms with E-state index in [1.807, 2.05) is 13.8 Å². The first kappa shape index (κ1) is 30.1. The van der Waals surface area contributed by atoms with Crippen LogP contribution in [0.2, 0.25) is 0 Å². The molecule has 0 radical (unpaired) electrons. The molecule has 3 aromatic rings. The number of hydrogen-bond donors (Lipinski definition) is 2. The summed E-state index contributed by atoms with van der Waals surface area (Å²) in [5, 5.41) is 2.94. The van der Waals surface area contributed by atoms with Crippen molar-refractivity contribution in [3.63, 3.8) is 0 Å². The average Bonchev–Trinajstić information content (AvgIpc) is 3.77. The summed E-state index contributed by atoms with van der Waals surface area (Å²) in [6.45, 7) is 7.28. The number of aryl methyl sites for hydroxylation is 1. The number of rotatable bonds is 9. The van der Waals surface area contributed by atoms with Gasteiger partial charge in [0.15, 0.2) is 0 Å². The lowest BCUT2D eigenvalue weighted by atomic mass is 10.0. The minimum atomic E-state index is -0.556. The monoisotopic (exact) mass is 549 g/mol. The van der Waals surface area contributed by atoms with Gasteiger partial charge in [0.1, 0.15) is 17.2 Å². The van der Waals surface area contributed by atoms with Crippen molar-refractivity contribution in [3.8, 4) is 0 Å². The Hall–Kier alpha value is -4.47. The highest BCUT2D eigenvalue weighted by Crippen LogP contribution is 2.38. The fourth-order valence-corrected chi connectivity index (χ4v) is 4.49. The molecule has 212 valence electrons. The van der Waals surface area contributed by atoms with Gasteiger partial charge in [0.2, 0.25) is 12.3 Å². The number of carbonyl (C=O) groups is 3. The highest BCUT2D eigenvalue weighted by molar-refractivity contribution is 6.09. The predicted octanol–water partition coefficient (Wildman–Crippen LogP) is 4.47. The third-order valence-corrected chi connectivity index (χ3v) is 6.71. The van der Waals surface area contributed by atoms with Gasteiger partial charge in [-0.05, 0) is 62.1 Å². The van der Waals surface area contributed by atoms with E-state index in [0.717, 1.165) is 12.8 Å². The van der Waals surface area contributed by atoms with Gasteiger partial charge >= 0.3 is 0 Å². The number of nitrogens with two attached hydrogens (primary N) is 1. The van der Waals surface area contributed by atoms with Gasteiger partial charge in [-0.3, -0.25) is 28.6 Å². The molecule has 2 aromatic carbocycles. The SMILES string of the molecule is CC.Cc1ccc(Nc2c(C(=O)N(C)C3CC3)c(N(C=O)c3cccc(CC(N)=O)c3)c(C)c(=O)n2C)c(F)c1. The van der Waals surface area contributed by atoms with E-state index in [-0.39, 0.29) is 40.8 Å². The zero-order chi connectivity index (χ0) is 29.7. The fourth-order valence-electron chi connectivity index (χ4n) is 4.49. The number of benzene rings is 2. The summed E-state index contributed by atoms with van der Waals surface area (Å²) in [5.41, 5.74) is 6.83. The Morgan fingerprint density at radius 3 is 2.40 bits per heavy atom. The number of hydrogen-bond acceptors (Lipinski definition) is 5. The maximum atomic E-state index is 14.9. The number of primary amides is 1. The fraction of sp³-hybridized carbons (Fsp3) is 0.333. The lowest BCUT2D eigenvalue weighted by Crippen LogP contribution is -2.35. The Morgan fingerprint density at radius 1 is 1.15 bits per heavy atom. The van der Waals surface area contributed by atoms with Crippen LogP contribution in [0.25, 0.3) is 0 Å². The molecule has 1 aromatic heterocycles. The normalized spacial score (nSPS) is 12.2. The van der Waals surface area contributed by atoms with Gasteiger partial charge in [-0.25, -0.2) is 4.39 Å². The Balaban J connectivity index is 0.00000216. The second-order valence-corrected chi connectivity index (χ2v) is 9.61. The first-order valence-corrected chi connectivity index (χ1v) is 13.2. The molecule has 4 rings (SSSR count). The van der Waals surface area contributed by atoms with Crippen molar-refractivity contribution in [2.24, 2.45) is 12.8 Å². The molecule has 9 nitrogen and oxygen atoms in total. The molecule has 0 unspecified atom stereocenters. The molecule has 0 atom stereocenters. The van der Waals surface area contributed by atoms with Crippen molar-refractivity contribution >= 4 is 41.1 Å². The summed E-state index contributed by atoms with van der Waals surface area (Å²) < 4.78 is 16.1. The lowest BCUT2D eigenvalue weighted by Gasteiger charge is -2.28. The van der Waals surface area contributed by atoms with Gasteiger partial charge in [0, 0.05) is 31.4 Å². The standard InChI is InChI=1S/C28H30FN5O4.C2H6/c1-16-8-11-22(21(29)12-16)31-26-24(28(38)32(3)19-9-10-19)25(17(2)27(37)33(26)4)34(15-35)20-7-5-6-18(13-20)14-23(30)36;1-2/h5-8,11-13,15,19,31H,9-10,14H2,1-4H3,(H2,30,36);1-2H3. The molecule has 3 N–H and O–H groups in total. The van der Waals surface area contributed by atoms with Crippen LogP contribution in [0.15, 0.2) is 47.3 Å². The van der Waals surface area contributed by atoms with E-state index >= 15 is 0 Å². The number of halogens is 1. The zero-order valence-electron chi connectivity index (χ0n) is 23.7. The highest BCUT2D eigenvalue weighted by Gasteiger charge is 2.35. The van der Waals surface area contributed by atoms with Crippen LogP contribution < -0.4 is 21.5 Å². The van der Waals surface area contributed by atoms with Crippen LogP contribution in [0.3, 0.4) is 0 Å². The van der Waals surface area contributed by atoms with Crippen LogP contribution >= 0.6 is 0 Å². The molecule has 3 amide bonds. The van der Waals surface area contributed by atoms with Crippen LogP contribution in [-0.2, 0) is 23.1 Å². The summed E-state index contributed by atoms with van der Waals surface area (Å²) in [6.07, 6.45) is 2.13. The summed E-state index contributed by atoms with van der Waals surface area (Å²) >= 11 is 0. The van der Waals surface area contributed by atoms with Gasteiger partial charge < -0.3 is 16.0 Å². The van der Waals surface area contributed by atoms with E-state index in [2.05, 4.69) is 5.32 Å². The van der Waals surface area contributed by atoms with Crippen molar-refractivity contribution < 1.29 is 18.8 Å². The number of aromatic nitrogens is 1. The van der Waals surface area contributed by atoms with E-state index < -0.39 is 23.2 Å². The van der Waals surface area contributed by atoms with Crippen molar-refractivity contribution in [1.82, 2.24) is 9.47 Å². The van der Waals surface area contributed by atoms with Gasteiger partial charge in [0.25, 0.3) is 11.5 Å². The van der Waals surface area contributed by atoms with Gasteiger partial charge in [-0.15, -0.1) is 0 Å². The minimum Gasteiger partial charge on any atom is -0.369 e. The van der Waals surface area contributed by atoms with Gasteiger partial charge in [-0.1, -0.05) is 32.0 Å². The maximum absolute atomic E-state index is 14.9. The molecule has 0 saturated heterocycles. The summed E-state index contributed by atoms with van der Waals surface area (Å²) in [4.78, 5) is 54.2. The molecule has 1 heterocycles. The zero-order valence-corrected chi connectivity index (χ0v) is 23.7. The molecule has 0 spiro atoms. The van der Waals surface area contributed by atoms with E-state index in [1.165, 1.54) is 35.6 Å². The summed E-state index contributed by atoms with van der Waals surface area (Å²) in [6, 6.07) is 11.2. The number of carbonyl (C=O) groups excluding carboxylic acids is 3. The topological polar surface area (TPSA) is 118 Å². The van der Waals surface area contributed by atoms with Crippen LogP contribution in [0.1, 0.15) is 53.7 Å². The van der Waals surface area contributed by atoms with Crippen LogP contribution in [0.5, 0.6) is 0 Å². The highest BCUT2D eigenvalue weighted by atomic mass is 19.1. The second kappa shape index (κ2) is 12.6. The molecule has 0 aliphatic heterocycles. The van der Waals surface area contributed by atoms with Gasteiger partial charge in [0.05, 0.1) is 17.8 Å². The molecule has 1 aliphatic carbocycles. The smallest absolute Gasteiger partial charge is 0.259 e. The molecule has 1 aliphatic rings. The first-order chi connectivity index (χ1) is 19.0. The van der Waals surface area contributed by atoms with Crippen LogP contribution in [0, 0.1) is 19.7 Å². The van der Waals surface area contributed by atoms with Crippen molar-refractivity contribution in [1.29, 1.82) is 0 Å². The summed E-state index contributed by atoms with van der Waals surface area (Å²) in [5.74, 6) is -1.47. The van der Waals surface area contributed by atoms with Crippen molar-refractivity contribution in [3.05, 3.63) is 80.9 Å². The Labute approximate surface area is 233 Å². The Kier molecular flexibility index (Phi) is 9.47. The third-order valence-electron chi connectivity index (χ3n) is 6.71. The molecule has 10 heteroatoms. The Bertz CT molecular complexity index is 1500. The summed E-state index contributed by atoms with van der Waals surface area (Å²) in [7, 11) is 3.15. The molecule has 1 saturated carbocycles. The second-order valence-electron chi connectivity index (χ2n) is 9.61. The predicted molar refractivity (Wildman–Crippen MR) is 155 cm³/mol. The van der Waals surface area contributed by atoms with Crippen molar-refractivity contribution in [2.75, 3.05) is 17.3 Å². The average molecular weight is 550 g/mol. The molecular formula is C30H36FN5O4. The Morgan fingerprint density at radius 2 is 1.82 bits per heavy atom.